The van der Waals surface area contributed by atoms with Crippen LogP contribution in [0.5, 0.6) is 0 Å². The smallest absolute Gasteiger partial charge is 0.388 e. The van der Waals surface area contributed by atoms with E-state index in [2.05, 4.69) is 4.98 Å². The number of aromatic nitrogens is 1. The summed E-state index contributed by atoms with van der Waals surface area (Å²) in [6.45, 7) is 0. The minimum Gasteiger partial charge on any atom is -0.388 e. The fourth-order valence-electron chi connectivity index (χ4n) is 2.88. The summed E-state index contributed by atoms with van der Waals surface area (Å²) < 4.78 is 37.7. The molecule has 1 saturated carbocycles. The van der Waals surface area contributed by atoms with Gasteiger partial charge < -0.3 is 5.11 Å². The zero-order valence-electron chi connectivity index (χ0n) is 11.7. The van der Waals surface area contributed by atoms with Crippen molar-refractivity contribution in [2.75, 3.05) is 0 Å². The number of hydrogen-bond donors (Lipinski definition) is 1. The molecular weight excluding hydrogens is 303 g/mol. The lowest BCUT2D eigenvalue weighted by atomic mass is 9.85. The summed E-state index contributed by atoms with van der Waals surface area (Å²) in [5.41, 5.74) is -0.726. The van der Waals surface area contributed by atoms with Gasteiger partial charge >= 0.3 is 6.18 Å². The SMILES string of the molecule is OC(c1ccc(C(F)(F)F)nc1Cl)C1CCCCCCC1. The molecule has 2 rings (SSSR count). The van der Waals surface area contributed by atoms with Crippen LogP contribution in [0.25, 0.3) is 0 Å². The van der Waals surface area contributed by atoms with Gasteiger partial charge in [0.2, 0.25) is 0 Å². The minimum absolute atomic E-state index is 0.0429. The van der Waals surface area contributed by atoms with Crippen LogP contribution in [0.4, 0.5) is 13.2 Å². The van der Waals surface area contributed by atoms with Gasteiger partial charge in [-0.05, 0) is 24.8 Å². The Balaban J connectivity index is 2.16. The highest BCUT2D eigenvalue weighted by atomic mass is 35.5. The molecule has 6 heteroatoms. The van der Waals surface area contributed by atoms with Gasteiger partial charge in [0, 0.05) is 5.56 Å². The zero-order valence-corrected chi connectivity index (χ0v) is 12.4. The molecule has 0 bridgehead atoms. The van der Waals surface area contributed by atoms with E-state index in [1.807, 2.05) is 0 Å². The lowest BCUT2D eigenvalue weighted by molar-refractivity contribution is -0.141. The van der Waals surface area contributed by atoms with Gasteiger partial charge in [-0.2, -0.15) is 13.2 Å². The highest BCUT2D eigenvalue weighted by molar-refractivity contribution is 6.30. The van der Waals surface area contributed by atoms with Gasteiger partial charge in [-0.25, -0.2) is 4.98 Å². The molecule has 1 aliphatic carbocycles. The number of alkyl halides is 3. The first-order valence-electron chi connectivity index (χ1n) is 7.31. The molecule has 1 atom stereocenters. The summed E-state index contributed by atoms with van der Waals surface area (Å²) in [5.74, 6) is 0.0429. The van der Waals surface area contributed by atoms with Crippen molar-refractivity contribution in [1.29, 1.82) is 0 Å². The molecule has 0 aromatic carbocycles. The number of halogens is 4. The molecule has 1 aliphatic rings. The fraction of sp³-hybridized carbons (Fsp3) is 0.667. The van der Waals surface area contributed by atoms with Crippen molar-refractivity contribution in [3.8, 4) is 0 Å². The van der Waals surface area contributed by atoms with Crippen LogP contribution in [0.2, 0.25) is 5.15 Å². The predicted molar refractivity (Wildman–Crippen MR) is 75.0 cm³/mol. The Hall–Kier alpha value is -0.810. The molecule has 0 saturated heterocycles. The lowest BCUT2D eigenvalue weighted by Gasteiger charge is -2.25. The van der Waals surface area contributed by atoms with E-state index in [1.54, 1.807) is 0 Å². The Morgan fingerprint density at radius 2 is 1.67 bits per heavy atom. The molecule has 2 nitrogen and oxygen atoms in total. The van der Waals surface area contributed by atoms with Crippen molar-refractivity contribution in [2.45, 2.75) is 57.2 Å². The molecule has 118 valence electrons. The topological polar surface area (TPSA) is 33.1 Å². The zero-order chi connectivity index (χ0) is 15.5. The van der Waals surface area contributed by atoms with E-state index >= 15 is 0 Å². The normalized spacial score (nSPS) is 19.9. The van der Waals surface area contributed by atoms with Crippen LogP contribution in [0.3, 0.4) is 0 Å². The third kappa shape index (κ3) is 4.33. The highest BCUT2D eigenvalue weighted by Gasteiger charge is 2.34. The second kappa shape index (κ2) is 6.97. The maximum Gasteiger partial charge on any atom is 0.433 e. The maximum absolute atomic E-state index is 12.6. The molecule has 1 N–H and O–H groups in total. The summed E-state index contributed by atoms with van der Waals surface area (Å²) in [7, 11) is 0. The van der Waals surface area contributed by atoms with Crippen molar-refractivity contribution >= 4 is 11.6 Å². The first-order chi connectivity index (χ1) is 9.89. The summed E-state index contributed by atoms with van der Waals surface area (Å²) in [6, 6.07) is 2.13. The summed E-state index contributed by atoms with van der Waals surface area (Å²) >= 11 is 5.85. The highest BCUT2D eigenvalue weighted by Crippen LogP contribution is 2.37. The van der Waals surface area contributed by atoms with Gasteiger partial charge in [0.1, 0.15) is 10.8 Å². The molecule has 0 amide bonds. The Morgan fingerprint density at radius 3 is 2.19 bits per heavy atom. The molecule has 21 heavy (non-hydrogen) atoms. The van der Waals surface area contributed by atoms with E-state index < -0.39 is 18.0 Å². The van der Waals surface area contributed by atoms with Crippen LogP contribution in [0, 0.1) is 5.92 Å². The second-order valence-corrected chi connectivity index (χ2v) is 5.98. The molecule has 1 heterocycles. The fourth-order valence-corrected chi connectivity index (χ4v) is 3.15. The Labute approximate surface area is 127 Å². The molecule has 1 aromatic rings. The average Bonchev–Trinajstić information content (AvgIpc) is 2.36. The van der Waals surface area contributed by atoms with Gasteiger partial charge in [-0.15, -0.1) is 0 Å². The van der Waals surface area contributed by atoms with Crippen LogP contribution >= 0.6 is 11.6 Å². The van der Waals surface area contributed by atoms with Crippen LogP contribution in [0.1, 0.15) is 62.3 Å². The third-order valence-corrected chi connectivity index (χ3v) is 4.39. The van der Waals surface area contributed by atoms with Gasteiger partial charge in [-0.3, -0.25) is 0 Å². The summed E-state index contributed by atoms with van der Waals surface area (Å²) in [5, 5.41) is 10.2. The monoisotopic (exact) mass is 321 g/mol. The van der Waals surface area contributed by atoms with Crippen molar-refractivity contribution in [1.82, 2.24) is 4.98 Å². The second-order valence-electron chi connectivity index (χ2n) is 5.62. The minimum atomic E-state index is -4.52. The Bertz CT molecular complexity index is 470. The summed E-state index contributed by atoms with van der Waals surface area (Å²) in [6.07, 6.45) is 1.95. The number of nitrogens with zero attached hydrogens (tertiary/aromatic N) is 1. The molecule has 0 radical (unpaired) electrons. The van der Waals surface area contributed by atoms with Crippen LogP contribution in [-0.2, 0) is 6.18 Å². The van der Waals surface area contributed by atoms with E-state index in [4.69, 9.17) is 11.6 Å². The molecule has 0 aliphatic heterocycles. The van der Waals surface area contributed by atoms with Gasteiger partial charge in [0.05, 0.1) is 6.10 Å². The Morgan fingerprint density at radius 1 is 1.10 bits per heavy atom. The van der Waals surface area contributed by atoms with Crippen molar-refractivity contribution < 1.29 is 18.3 Å². The third-order valence-electron chi connectivity index (χ3n) is 4.08. The summed E-state index contributed by atoms with van der Waals surface area (Å²) in [4.78, 5) is 3.38. The number of pyridine rings is 1. The first-order valence-corrected chi connectivity index (χ1v) is 7.69. The van der Waals surface area contributed by atoms with Crippen molar-refractivity contribution in [2.24, 2.45) is 5.92 Å². The molecule has 1 fully saturated rings. The van der Waals surface area contributed by atoms with Crippen LogP contribution < -0.4 is 0 Å². The number of aliphatic hydroxyl groups is 1. The van der Waals surface area contributed by atoms with Crippen molar-refractivity contribution in [3.05, 3.63) is 28.5 Å². The van der Waals surface area contributed by atoms with E-state index in [1.165, 1.54) is 12.5 Å². The largest absolute Gasteiger partial charge is 0.433 e. The predicted octanol–water partition coefficient (Wildman–Crippen LogP) is 5.15. The standard InChI is InChI=1S/C15H19ClF3NO/c16-14-11(8-9-12(20-14)15(17,18)19)13(21)10-6-4-2-1-3-5-7-10/h8-10,13,21H,1-7H2. The van der Waals surface area contributed by atoms with Gasteiger partial charge in [0.25, 0.3) is 0 Å². The van der Waals surface area contributed by atoms with E-state index in [-0.39, 0.29) is 11.1 Å². The van der Waals surface area contributed by atoms with Crippen molar-refractivity contribution in [3.63, 3.8) is 0 Å². The molecule has 1 aromatic heterocycles. The molecular formula is C15H19ClF3NO. The number of hydrogen-bond acceptors (Lipinski definition) is 2. The first kappa shape index (κ1) is 16.6. The quantitative estimate of drug-likeness (QED) is 0.764. The lowest BCUT2D eigenvalue weighted by Crippen LogP contribution is -2.16. The van der Waals surface area contributed by atoms with Gasteiger partial charge in [-0.1, -0.05) is 49.8 Å². The van der Waals surface area contributed by atoms with E-state index in [0.29, 0.717) is 5.56 Å². The maximum atomic E-state index is 12.6. The molecule has 0 spiro atoms. The van der Waals surface area contributed by atoms with E-state index in [0.717, 1.165) is 44.6 Å². The molecule has 1 unspecified atom stereocenters. The number of rotatable bonds is 2. The average molecular weight is 322 g/mol. The van der Waals surface area contributed by atoms with Crippen LogP contribution in [0.15, 0.2) is 12.1 Å². The van der Waals surface area contributed by atoms with Crippen LogP contribution in [-0.4, -0.2) is 10.1 Å². The van der Waals surface area contributed by atoms with Gasteiger partial charge in [0.15, 0.2) is 0 Å². The Kier molecular flexibility index (Phi) is 5.49. The number of aliphatic hydroxyl groups excluding tert-OH is 1. The van der Waals surface area contributed by atoms with E-state index in [9.17, 15) is 18.3 Å².